The Kier molecular flexibility index (Phi) is 4.41. The molecule has 0 fully saturated rings. The number of nitrogens with zero attached hydrogens (tertiary/aromatic N) is 2. The fourth-order valence-electron chi connectivity index (χ4n) is 1.81. The van der Waals surface area contributed by atoms with Crippen molar-refractivity contribution in [1.82, 2.24) is 4.98 Å². The SMILES string of the molecule is CC(C)(C#N)CCCS(=O)c1nc2ccc(N)cc2s1. The Morgan fingerprint density at radius 3 is 2.95 bits per heavy atom. The molecule has 0 bridgehead atoms. The Balaban J connectivity index is 2.03. The Morgan fingerprint density at radius 1 is 1.50 bits per heavy atom. The number of nitrogen functional groups attached to an aromatic ring is 1. The van der Waals surface area contributed by atoms with Gasteiger partial charge in [0, 0.05) is 11.4 Å². The van der Waals surface area contributed by atoms with Gasteiger partial charge < -0.3 is 5.73 Å². The van der Waals surface area contributed by atoms with Crippen LogP contribution in [0.4, 0.5) is 5.69 Å². The third-order valence-corrected chi connectivity index (χ3v) is 5.78. The Morgan fingerprint density at radius 2 is 2.25 bits per heavy atom. The van der Waals surface area contributed by atoms with Crippen LogP contribution in [0.3, 0.4) is 0 Å². The van der Waals surface area contributed by atoms with E-state index in [1.54, 1.807) is 6.07 Å². The number of aromatic nitrogens is 1. The molecule has 1 heterocycles. The van der Waals surface area contributed by atoms with Gasteiger partial charge in [0.2, 0.25) is 0 Å². The highest BCUT2D eigenvalue weighted by atomic mass is 32.2. The molecule has 1 aromatic heterocycles. The van der Waals surface area contributed by atoms with Gasteiger partial charge >= 0.3 is 0 Å². The largest absolute Gasteiger partial charge is 0.399 e. The predicted octanol–water partition coefficient (Wildman–Crippen LogP) is 3.32. The van der Waals surface area contributed by atoms with Crippen LogP contribution in [0.25, 0.3) is 10.2 Å². The molecule has 0 radical (unpaired) electrons. The second kappa shape index (κ2) is 5.90. The maximum atomic E-state index is 12.2. The van der Waals surface area contributed by atoms with E-state index in [4.69, 9.17) is 11.0 Å². The van der Waals surface area contributed by atoms with E-state index < -0.39 is 10.8 Å². The van der Waals surface area contributed by atoms with E-state index in [9.17, 15) is 4.21 Å². The number of hydrogen-bond donors (Lipinski definition) is 1. The summed E-state index contributed by atoms with van der Waals surface area (Å²) < 4.78 is 13.8. The van der Waals surface area contributed by atoms with E-state index in [0.717, 1.165) is 23.1 Å². The first-order valence-electron chi connectivity index (χ1n) is 6.37. The van der Waals surface area contributed by atoms with E-state index in [2.05, 4.69) is 11.1 Å². The lowest BCUT2D eigenvalue weighted by Gasteiger charge is -2.13. The molecular formula is C14H17N3OS2. The average molecular weight is 307 g/mol. The van der Waals surface area contributed by atoms with Gasteiger partial charge in [0.15, 0.2) is 4.34 Å². The van der Waals surface area contributed by atoms with Crippen LogP contribution in [-0.4, -0.2) is 14.9 Å². The van der Waals surface area contributed by atoms with E-state index in [-0.39, 0.29) is 5.41 Å². The van der Waals surface area contributed by atoms with Crippen LogP contribution in [0.1, 0.15) is 26.7 Å². The van der Waals surface area contributed by atoms with Crippen molar-refractivity contribution in [2.75, 3.05) is 11.5 Å². The lowest BCUT2D eigenvalue weighted by Crippen LogP contribution is -2.09. The molecule has 2 N–H and O–H groups in total. The lowest BCUT2D eigenvalue weighted by atomic mass is 9.90. The van der Waals surface area contributed by atoms with Crippen LogP contribution < -0.4 is 5.73 Å². The number of nitrogens with two attached hydrogens (primary N) is 1. The Labute approximate surface area is 125 Å². The molecule has 4 nitrogen and oxygen atoms in total. The molecule has 1 atom stereocenters. The molecule has 0 aliphatic carbocycles. The van der Waals surface area contributed by atoms with Crippen LogP contribution in [0.5, 0.6) is 0 Å². The van der Waals surface area contributed by atoms with Gasteiger partial charge in [-0.05, 0) is 44.9 Å². The molecule has 0 aliphatic heterocycles. The highest BCUT2D eigenvalue weighted by Gasteiger charge is 2.17. The summed E-state index contributed by atoms with van der Waals surface area (Å²) in [5, 5.41) is 8.95. The van der Waals surface area contributed by atoms with Crippen LogP contribution in [0.15, 0.2) is 22.5 Å². The average Bonchev–Trinajstić information content (AvgIpc) is 2.81. The fraction of sp³-hybridized carbons (Fsp3) is 0.429. The van der Waals surface area contributed by atoms with Crippen molar-refractivity contribution in [3.8, 4) is 6.07 Å². The molecule has 0 saturated carbocycles. The van der Waals surface area contributed by atoms with Gasteiger partial charge in [-0.2, -0.15) is 5.26 Å². The molecule has 6 heteroatoms. The van der Waals surface area contributed by atoms with Crippen molar-refractivity contribution in [2.45, 2.75) is 31.0 Å². The molecule has 1 aromatic carbocycles. The lowest BCUT2D eigenvalue weighted by molar-refractivity contribution is 0.447. The van der Waals surface area contributed by atoms with Crippen LogP contribution in [-0.2, 0) is 10.8 Å². The molecule has 1 unspecified atom stereocenters. The highest BCUT2D eigenvalue weighted by molar-refractivity contribution is 7.87. The molecule has 0 spiro atoms. The molecule has 0 saturated heterocycles. The number of hydrogen-bond acceptors (Lipinski definition) is 5. The maximum Gasteiger partial charge on any atom is 0.181 e. The topological polar surface area (TPSA) is 79.8 Å². The number of benzene rings is 1. The number of thiazole rings is 1. The van der Waals surface area contributed by atoms with Crippen molar-refractivity contribution in [2.24, 2.45) is 5.41 Å². The standard InChI is InChI=1S/C14H17N3OS2/c1-14(2,9-15)6-3-7-20(18)13-17-11-5-4-10(16)8-12(11)19-13/h4-5,8H,3,6-7,16H2,1-2H3. The first kappa shape index (κ1) is 14.9. The van der Waals surface area contributed by atoms with Gasteiger partial charge in [-0.3, -0.25) is 4.21 Å². The maximum absolute atomic E-state index is 12.2. The number of fused-ring (bicyclic) bond motifs is 1. The van der Waals surface area contributed by atoms with Crippen molar-refractivity contribution in [3.05, 3.63) is 18.2 Å². The summed E-state index contributed by atoms with van der Waals surface area (Å²) in [6.45, 7) is 3.80. The molecule has 20 heavy (non-hydrogen) atoms. The molecule has 106 valence electrons. The minimum Gasteiger partial charge on any atom is -0.399 e. The van der Waals surface area contributed by atoms with Gasteiger partial charge in [-0.15, -0.1) is 11.3 Å². The van der Waals surface area contributed by atoms with Gasteiger partial charge in [0.25, 0.3) is 0 Å². The predicted molar refractivity (Wildman–Crippen MR) is 83.9 cm³/mol. The minimum absolute atomic E-state index is 0.355. The van der Waals surface area contributed by atoms with Crippen LogP contribution in [0, 0.1) is 16.7 Å². The summed E-state index contributed by atoms with van der Waals surface area (Å²) in [4.78, 5) is 4.39. The normalized spacial score (nSPS) is 13.2. The van der Waals surface area contributed by atoms with Gasteiger partial charge in [-0.1, -0.05) is 0 Å². The molecular weight excluding hydrogens is 290 g/mol. The monoisotopic (exact) mass is 307 g/mol. The van der Waals surface area contributed by atoms with Crippen LogP contribution >= 0.6 is 11.3 Å². The summed E-state index contributed by atoms with van der Waals surface area (Å²) in [7, 11) is -1.10. The summed E-state index contributed by atoms with van der Waals surface area (Å²) in [5.74, 6) is 0.542. The Bertz CT molecular complexity index is 685. The van der Waals surface area contributed by atoms with Gasteiger partial charge in [0.1, 0.15) is 0 Å². The molecule has 0 amide bonds. The molecule has 2 rings (SSSR count). The zero-order chi connectivity index (χ0) is 14.8. The quantitative estimate of drug-likeness (QED) is 0.859. The van der Waals surface area contributed by atoms with E-state index in [1.807, 2.05) is 26.0 Å². The van der Waals surface area contributed by atoms with E-state index >= 15 is 0 Å². The second-order valence-electron chi connectivity index (χ2n) is 5.36. The fourth-order valence-corrected chi connectivity index (χ4v) is 4.22. The van der Waals surface area contributed by atoms with E-state index in [0.29, 0.717) is 15.8 Å². The zero-order valence-corrected chi connectivity index (χ0v) is 13.2. The third-order valence-electron chi connectivity index (χ3n) is 3.02. The first-order chi connectivity index (χ1) is 9.41. The molecule has 2 aromatic rings. The van der Waals surface area contributed by atoms with E-state index in [1.165, 1.54) is 11.3 Å². The van der Waals surface area contributed by atoms with Gasteiger partial charge in [0.05, 0.1) is 32.5 Å². The minimum atomic E-state index is -1.10. The second-order valence-corrected chi connectivity index (χ2v) is 8.13. The van der Waals surface area contributed by atoms with Crippen molar-refractivity contribution < 1.29 is 4.21 Å². The highest BCUT2D eigenvalue weighted by Crippen LogP contribution is 2.27. The number of anilines is 1. The first-order valence-corrected chi connectivity index (χ1v) is 8.50. The summed E-state index contributed by atoms with van der Waals surface area (Å²) in [6.07, 6.45) is 1.50. The smallest absolute Gasteiger partial charge is 0.181 e. The summed E-state index contributed by atoms with van der Waals surface area (Å²) in [5.41, 5.74) is 6.90. The third kappa shape index (κ3) is 3.56. The zero-order valence-electron chi connectivity index (χ0n) is 11.5. The van der Waals surface area contributed by atoms with Crippen molar-refractivity contribution in [1.29, 1.82) is 5.26 Å². The Hall–Kier alpha value is -1.45. The number of nitriles is 1. The van der Waals surface area contributed by atoms with Gasteiger partial charge in [-0.25, -0.2) is 4.98 Å². The number of rotatable bonds is 5. The molecule has 0 aliphatic rings. The summed E-state index contributed by atoms with van der Waals surface area (Å²) >= 11 is 1.43. The van der Waals surface area contributed by atoms with Crippen LogP contribution in [0.2, 0.25) is 0 Å². The van der Waals surface area contributed by atoms with Crippen molar-refractivity contribution >= 4 is 38.0 Å². The van der Waals surface area contributed by atoms with Crippen molar-refractivity contribution in [3.63, 3.8) is 0 Å². The summed E-state index contributed by atoms with van der Waals surface area (Å²) in [6, 6.07) is 7.75.